The van der Waals surface area contributed by atoms with Gasteiger partial charge in [-0.2, -0.15) is 0 Å². The van der Waals surface area contributed by atoms with Gasteiger partial charge in [0.15, 0.2) is 11.5 Å². The monoisotopic (exact) mass is 395 g/mol. The first-order valence-corrected chi connectivity index (χ1v) is 9.20. The van der Waals surface area contributed by atoms with Crippen molar-refractivity contribution < 1.29 is 24.2 Å². The van der Waals surface area contributed by atoms with Crippen LogP contribution >= 0.6 is 0 Å². The topological polar surface area (TPSA) is 92.2 Å². The number of rotatable bonds is 5. The molecule has 3 heterocycles. The lowest BCUT2D eigenvalue weighted by molar-refractivity contribution is -0.140. The van der Waals surface area contributed by atoms with Gasteiger partial charge < -0.3 is 24.4 Å². The largest absolute Gasteiger partial charge is 0.507 e. The number of hydrogen-bond acceptors (Lipinski definition) is 7. The van der Waals surface area contributed by atoms with Gasteiger partial charge >= 0.3 is 0 Å². The number of benzene rings is 1. The van der Waals surface area contributed by atoms with E-state index >= 15 is 0 Å². The minimum absolute atomic E-state index is 0.0545. The van der Waals surface area contributed by atoms with E-state index in [1.165, 1.54) is 4.90 Å². The minimum atomic E-state index is -0.708. The van der Waals surface area contributed by atoms with Crippen molar-refractivity contribution in [1.29, 1.82) is 0 Å². The molecule has 1 N–H and O–H groups in total. The summed E-state index contributed by atoms with van der Waals surface area (Å²) in [6.07, 6.45) is 3.20. The Morgan fingerprint density at radius 3 is 2.62 bits per heavy atom. The number of hydrogen-bond donors (Lipinski definition) is 1. The number of carbonyl (C=O) groups is 2. The van der Waals surface area contributed by atoms with Crippen molar-refractivity contribution in [2.24, 2.45) is 0 Å². The first-order valence-electron chi connectivity index (χ1n) is 9.20. The molecule has 4 rings (SSSR count). The molecule has 1 aromatic heterocycles. The molecule has 2 aliphatic rings. The van der Waals surface area contributed by atoms with Gasteiger partial charge in [0.2, 0.25) is 6.79 Å². The molecule has 0 radical (unpaired) electrons. The maximum absolute atomic E-state index is 12.9. The third kappa shape index (κ3) is 3.42. The van der Waals surface area contributed by atoms with Crippen LogP contribution in [0, 0.1) is 0 Å². The number of nitrogens with zero attached hydrogens (tertiary/aromatic N) is 3. The standard InChI is InChI=1S/C21H21N3O5/c1-23(2)9-10-24-18(13-5-7-22-8-6-13)17(20(26)21(24)27)19(25)14-3-4-15-16(11-14)29-12-28-15/h3-8,11,18,25H,9-10,12H2,1-2H3/b19-17-. The molecule has 2 aromatic rings. The molecule has 29 heavy (non-hydrogen) atoms. The smallest absolute Gasteiger partial charge is 0.295 e. The number of ether oxygens (including phenoxy) is 2. The molecular formula is C21H21N3O5. The zero-order chi connectivity index (χ0) is 20.5. The molecule has 1 atom stereocenters. The van der Waals surface area contributed by atoms with Gasteiger partial charge in [0, 0.05) is 31.0 Å². The Labute approximate surface area is 168 Å². The van der Waals surface area contributed by atoms with Gasteiger partial charge in [-0.25, -0.2) is 0 Å². The zero-order valence-electron chi connectivity index (χ0n) is 16.2. The summed E-state index contributed by atoms with van der Waals surface area (Å²) in [6.45, 7) is 1.03. The summed E-state index contributed by atoms with van der Waals surface area (Å²) in [6, 6.07) is 7.70. The molecule has 2 aliphatic heterocycles. The fraction of sp³-hybridized carbons (Fsp3) is 0.286. The number of carbonyl (C=O) groups excluding carboxylic acids is 2. The molecule has 0 saturated carbocycles. The third-order valence-corrected chi connectivity index (χ3v) is 5.00. The highest BCUT2D eigenvalue weighted by molar-refractivity contribution is 6.46. The van der Waals surface area contributed by atoms with Crippen molar-refractivity contribution in [2.45, 2.75) is 6.04 Å². The molecule has 8 nitrogen and oxygen atoms in total. The van der Waals surface area contributed by atoms with Crippen LogP contribution in [0.1, 0.15) is 17.2 Å². The van der Waals surface area contributed by atoms with Gasteiger partial charge in [-0.05, 0) is 50.0 Å². The second-order valence-corrected chi connectivity index (χ2v) is 7.14. The lowest BCUT2D eigenvalue weighted by Crippen LogP contribution is -2.35. The van der Waals surface area contributed by atoms with E-state index in [0.717, 1.165) is 0 Å². The summed E-state index contributed by atoms with van der Waals surface area (Å²) in [5.41, 5.74) is 1.15. The number of likely N-dealkylation sites (N-methyl/N-ethyl adjacent to an activating group) is 1. The van der Waals surface area contributed by atoms with Crippen LogP contribution in [0.4, 0.5) is 0 Å². The number of aromatic nitrogens is 1. The fourth-order valence-electron chi connectivity index (χ4n) is 3.51. The number of aliphatic hydroxyl groups is 1. The number of pyridine rings is 1. The SMILES string of the molecule is CN(C)CCN1C(=O)C(=O)/C(=C(\O)c2ccc3c(c2)OCO3)C1c1ccncc1. The number of ketones is 1. The van der Waals surface area contributed by atoms with Crippen molar-refractivity contribution >= 4 is 17.4 Å². The summed E-state index contributed by atoms with van der Waals surface area (Å²) in [5, 5.41) is 11.0. The van der Waals surface area contributed by atoms with Crippen LogP contribution in [-0.2, 0) is 9.59 Å². The van der Waals surface area contributed by atoms with Crippen molar-refractivity contribution in [3.8, 4) is 11.5 Å². The lowest BCUT2D eigenvalue weighted by Gasteiger charge is -2.26. The van der Waals surface area contributed by atoms with Gasteiger partial charge in [0.25, 0.3) is 11.7 Å². The van der Waals surface area contributed by atoms with Crippen LogP contribution in [0.25, 0.3) is 5.76 Å². The molecule has 1 fully saturated rings. The van der Waals surface area contributed by atoms with Crippen molar-refractivity contribution in [3.05, 3.63) is 59.4 Å². The van der Waals surface area contributed by atoms with Crippen LogP contribution in [0.15, 0.2) is 48.3 Å². The van der Waals surface area contributed by atoms with E-state index < -0.39 is 17.7 Å². The van der Waals surface area contributed by atoms with E-state index in [9.17, 15) is 14.7 Å². The van der Waals surface area contributed by atoms with E-state index in [4.69, 9.17) is 9.47 Å². The van der Waals surface area contributed by atoms with Gasteiger partial charge in [-0.15, -0.1) is 0 Å². The van der Waals surface area contributed by atoms with Crippen molar-refractivity contribution in [2.75, 3.05) is 34.0 Å². The Bertz CT molecular complexity index is 987. The summed E-state index contributed by atoms with van der Waals surface area (Å²) in [7, 11) is 3.79. The van der Waals surface area contributed by atoms with Crippen LogP contribution < -0.4 is 9.47 Å². The Morgan fingerprint density at radius 1 is 1.17 bits per heavy atom. The molecule has 150 valence electrons. The van der Waals surface area contributed by atoms with E-state index in [-0.39, 0.29) is 18.1 Å². The Balaban J connectivity index is 1.81. The highest BCUT2D eigenvalue weighted by Crippen LogP contribution is 2.41. The zero-order valence-corrected chi connectivity index (χ0v) is 16.2. The first kappa shape index (κ1) is 18.9. The van der Waals surface area contributed by atoms with E-state index in [1.54, 1.807) is 42.7 Å². The van der Waals surface area contributed by atoms with Crippen LogP contribution in [0.5, 0.6) is 11.5 Å². The number of likely N-dealkylation sites (tertiary alicyclic amines) is 1. The predicted molar refractivity (Wildman–Crippen MR) is 104 cm³/mol. The molecule has 1 amide bonds. The molecule has 0 aliphatic carbocycles. The highest BCUT2D eigenvalue weighted by Gasteiger charge is 2.45. The Hall–Kier alpha value is -3.39. The summed E-state index contributed by atoms with van der Waals surface area (Å²) >= 11 is 0. The van der Waals surface area contributed by atoms with Gasteiger partial charge in [0.1, 0.15) is 5.76 Å². The average Bonchev–Trinajstić information content (AvgIpc) is 3.29. The molecule has 1 saturated heterocycles. The quantitative estimate of drug-likeness (QED) is 0.469. The number of Topliss-reactive ketones (excluding diaryl/α,β-unsaturated/α-hetero) is 1. The number of fused-ring (bicyclic) bond motifs is 1. The maximum Gasteiger partial charge on any atom is 0.295 e. The summed E-state index contributed by atoms with van der Waals surface area (Å²) < 4.78 is 10.7. The van der Waals surface area contributed by atoms with E-state index in [0.29, 0.717) is 35.7 Å². The highest BCUT2D eigenvalue weighted by atomic mass is 16.7. The molecule has 1 aromatic carbocycles. The van der Waals surface area contributed by atoms with Crippen LogP contribution in [0.2, 0.25) is 0 Å². The average molecular weight is 395 g/mol. The fourth-order valence-corrected chi connectivity index (χ4v) is 3.51. The Morgan fingerprint density at radius 2 is 1.90 bits per heavy atom. The molecule has 1 unspecified atom stereocenters. The maximum atomic E-state index is 12.9. The predicted octanol–water partition coefficient (Wildman–Crippen LogP) is 1.79. The van der Waals surface area contributed by atoms with E-state index in [2.05, 4.69) is 4.98 Å². The molecule has 8 heteroatoms. The van der Waals surface area contributed by atoms with Gasteiger partial charge in [-0.1, -0.05) is 0 Å². The molecule has 0 spiro atoms. The second-order valence-electron chi connectivity index (χ2n) is 7.14. The second kappa shape index (κ2) is 7.56. The summed E-state index contributed by atoms with van der Waals surface area (Å²) in [4.78, 5) is 33.1. The van der Waals surface area contributed by atoms with Gasteiger partial charge in [0.05, 0.1) is 11.6 Å². The molecule has 0 bridgehead atoms. The first-order chi connectivity index (χ1) is 14.0. The lowest BCUT2D eigenvalue weighted by atomic mass is 9.96. The Kier molecular flexibility index (Phi) is 4.94. The van der Waals surface area contributed by atoms with Crippen molar-refractivity contribution in [3.63, 3.8) is 0 Å². The van der Waals surface area contributed by atoms with Crippen LogP contribution in [0.3, 0.4) is 0 Å². The minimum Gasteiger partial charge on any atom is -0.507 e. The normalized spacial score (nSPS) is 20.0. The number of aliphatic hydroxyl groups excluding tert-OH is 1. The van der Waals surface area contributed by atoms with Crippen molar-refractivity contribution in [1.82, 2.24) is 14.8 Å². The third-order valence-electron chi connectivity index (χ3n) is 5.00. The summed E-state index contributed by atoms with van der Waals surface area (Å²) in [5.74, 6) is -0.525. The molecular weight excluding hydrogens is 374 g/mol. The number of amides is 1. The van der Waals surface area contributed by atoms with Crippen LogP contribution in [-0.4, -0.2) is 65.6 Å². The van der Waals surface area contributed by atoms with Gasteiger partial charge in [-0.3, -0.25) is 14.6 Å². The van der Waals surface area contributed by atoms with E-state index in [1.807, 2.05) is 19.0 Å².